The number of amides is 1. The maximum atomic E-state index is 13.4. The van der Waals surface area contributed by atoms with Gasteiger partial charge < -0.3 is 14.5 Å². The predicted molar refractivity (Wildman–Crippen MR) is 129 cm³/mol. The number of carbonyl (C=O) groups is 1. The topological polar surface area (TPSA) is 82.2 Å². The van der Waals surface area contributed by atoms with Crippen molar-refractivity contribution >= 4 is 23.4 Å². The molecule has 1 N–H and O–H groups in total. The fraction of sp³-hybridized carbons (Fsp3) is 0.240. The van der Waals surface area contributed by atoms with Gasteiger partial charge in [-0.2, -0.15) is 0 Å². The molecule has 4 aromatic rings. The Labute approximate surface area is 197 Å². The molecule has 2 aromatic carbocycles. The molecule has 0 saturated heterocycles. The van der Waals surface area contributed by atoms with Crippen LogP contribution in [-0.4, -0.2) is 27.8 Å². The number of nitrogens with zero attached hydrogens (tertiary/aromatic N) is 3. The van der Waals surface area contributed by atoms with Crippen LogP contribution in [0.5, 0.6) is 5.75 Å². The number of methoxy groups -OCH3 is 1. The number of aromatic nitrogens is 3. The van der Waals surface area contributed by atoms with Crippen LogP contribution in [0.1, 0.15) is 24.7 Å². The summed E-state index contributed by atoms with van der Waals surface area (Å²) in [6.07, 6.45) is 1.62. The molecule has 0 bridgehead atoms. The zero-order chi connectivity index (χ0) is 23.2. The van der Waals surface area contributed by atoms with Crippen LogP contribution in [0.2, 0.25) is 0 Å². The molecule has 2 aromatic heterocycles. The summed E-state index contributed by atoms with van der Waals surface area (Å²) in [7, 11) is 1.60. The van der Waals surface area contributed by atoms with E-state index in [2.05, 4.69) is 29.4 Å². The van der Waals surface area contributed by atoms with E-state index in [1.54, 1.807) is 19.4 Å². The van der Waals surface area contributed by atoms with Gasteiger partial charge in [0.2, 0.25) is 5.91 Å². The zero-order valence-corrected chi connectivity index (χ0v) is 19.6. The van der Waals surface area contributed by atoms with Gasteiger partial charge in [0.25, 0.3) is 0 Å². The molecule has 0 unspecified atom stereocenters. The minimum atomic E-state index is -0.531. The lowest BCUT2D eigenvalue weighted by atomic mass is 10.1. The van der Waals surface area contributed by atoms with Gasteiger partial charge in [-0.25, -0.2) is 0 Å². The standard InChI is InChI=1S/C25H26N4O3S/c1-17(2)16-29-23(21-13-8-14-32-21)27-28-25(29)33-22(18-9-5-4-6-10-18)24(30)26-19-11-7-12-20(15-19)31-3/h4-15,17,22H,16H2,1-3H3,(H,26,30)/t22-/m1/s1. The number of carbonyl (C=O) groups excluding carboxylic acids is 1. The van der Waals surface area contributed by atoms with Gasteiger partial charge in [-0.1, -0.05) is 62.0 Å². The normalized spacial score (nSPS) is 12.0. The number of hydrogen-bond acceptors (Lipinski definition) is 6. The molecular weight excluding hydrogens is 436 g/mol. The van der Waals surface area contributed by atoms with Crippen molar-refractivity contribution in [1.29, 1.82) is 0 Å². The second-order valence-corrected chi connectivity index (χ2v) is 8.99. The van der Waals surface area contributed by atoms with Crippen molar-refractivity contribution in [2.24, 2.45) is 5.92 Å². The third kappa shape index (κ3) is 5.46. The molecule has 0 aliphatic rings. The Kier molecular flexibility index (Phi) is 7.14. The lowest BCUT2D eigenvalue weighted by Gasteiger charge is -2.18. The van der Waals surface area contributed by atoms with E-state index in [1.807, 2.05) is 65.2 Å². The van der Waals surface area contributed by atoms with Crippen molar-refractivity contribution in [3.05, 3.63) is 78.6 Å². The van der Waals surface area contributed by atoms with E-state index < -0.39 is 5.25 Å². The maximum absolute atomic E-state index is 13.4. The molecule has 2 heterocycles. The molecule has 0 aliphatic carbocycles. The molecule has 0 radical (unpaired) electrons. The monoisotopic (exact) mass is 462 g/mol. The number of rotatable bonds is 9. The molecule has 7 nitrogen and oxygen atoms in total. The van der Waals surface area contributed by atoms with E-state index in [1.165, 1.54) is 11.8 Å². The van der Waals surface area contributed by atoms with Crippen LogP contribution in [0, 0.1) is 5.92 Å². The van der Waals surface area contributed by atoms with Crippen molar-refractivity contribution in [2.45, 2.75) is 30.8 Å². The average Bonchev–Trinajstić information content (AvgIpc) is 3.48. The van der Waals surface area contributed by atoms with E-state index in [9.17, 15) is 4.79 Å². The molecule has 0 saturated carbocycles. The van der Waals surface area contributed by atoms with E-state index in [0.29, 0.717) is 40.6 Å². The quantitative estimate of drug-likeness (QED) is 0.323. The third-order valence-corrected chi connectivity index (χ3v) is 6.14. The molecule has 0 spiro atoms. The van der Waals surface area contributed by atoms with Crippen molar-refractivity contribution in [3.63, 3.8) is 0 Å². The summed E-state index contributed by atoms with van der Waals surface area (Å²) in [5.41, 5.74) is 1.54. The summed E-state index contributed by atoms with van der Waals surface area (Å²) in [5, 5.41) is 11.9. The summed E-state index contributed by atoms with van der Waals surface area (Å²) in [6, 6.07) is 20.7. The van der Waals surface area contributed by atoms with Gasteiger partial charge in [0, 0.05) is 18.3 Å². The summed E-state index contributed by atoms with van der Waals surface area (Å²) in [6.45, 7) is 4.96. The highest BCUT2D eigenvalue weighted by atomic mass is 32.2. The first-order valence-electron chi connectivity index (χ1n) is 10.7. The van der Waals surface area contributed by atoms with Crippen molar-refractivity contribution < 1.29 is 13.9 Å². The Balaban J connectivity index is 1.67. The Bertz CT molecular complexity index is 1190. The van der Waals surface area contributed by atoms with Crippen LogP contribution < -0.4 is 10.1 Å². The van der Waals surface area contributed by atoms with Crippen LogP contribution in [-0.2, 0) is 11.3 Å². The number of benzene rings is 2. The molecule has 0 aliphatic heterocycles. The maximum Gasteiger partial charge on any atom is 0.242 e. The molecular formula is C25H26N4O3S. The van der Waals surface area contributed by atoms with Crippen LogP contribution in [0.3, 0.4) is 0 Å². The molecule has 4 rings (SSSR count). The number of thioether (sulfide) groups is 1. The van der Waals surface area contributed by atoms with Crippen molar-refractivity contribution in [3.8, 4) is 17.3 Å². The molecule has 0 fully saturated rings. The second kappa shape index (κ2) is 10.4. The largest absolute Gasteiger partial charge is 0.497 e. The zero-order valence-electron chi connectivity index (χ0n) is 18.8. The van der Waals surface area contributed by atoms with Crippen LogP contribution >= 0.6 is 11.8 Å². The number of ether oxygens (including phenoxy) is 1. The third-order valence-electron chi connectivity index (χ3n) is 4.91. The molecule has 1 atom stereocenters. The first-order valence-corrected chi connectivity index (χ1v) is 11.6. The fourth-order valence-electron chi connectivity index (χ4n) is 3.41. The predicted octanol–water partition coefficient (Wildman–Crippen LogP) is 5.67. The van der Waals surface area contributed by atoms with Crippen molar-refractivity contribution in [1.82, 2.24) is 14.8 Å². The Hall–Kier alpha value is -3.52. The molecule has 8 heteroatoms. The van der Waals surface area contributed by atoms with Gasteiger partial charge in [-0.05, 0) is 35.7 Å². The Morgan fingerprint density at radius 3 is 2.61 bits per heavy atom. The minimum Gasteiger partial charge on any atom is -0.497 e. The number of furan rings is 1. The van der Waals surface area contributed by atoms with Gasteiger partial charge in [0.05, 0.1) is 13.4 Å². The van der Waals surface area contributed by atoms with E-state index in [-0.39, 0.29) is 5.91 Å². The first kappa shape index (κ1) is 22.7. The second-order valence-electron chi connectivity index (χ2n) is 7.92. The van der Waals surface area contributed by atoms with Gasteiger partial charge >= 0.3 is 0 Å². The minimum absolute atomic E-state index is 0.155. The number of hydrogen-bond donors (Lipinski definition) is 1. The number of anilines is 1. The van der Waals surface area contributed by atoms with Crippen LogP contribution in [0.4, 0.5) is 5.69 Å². The summed E-state index contributed by atoms with van der Waals surface area (Å²) < 4.78 is 12.9. The van der Waals surface area contributed by atoms with Crippen LogP contribution in [0.15, 0.2) is 82.6 Å². The number of nitrogens with one attached hydrogen (secondary N) is 1. The highest BCUT2D eigenvalue weighted by Crippen LogP contribution is 2.37. The van der Waals surface area contributed by atoms with Gasteiger partial charge in [-0.15, -0.1) is 10.2 Å². The molecule has 1 amide bonds. The van der Waals surface area contributed by atoms with E-state index in [4.69, 9.17) is 9.15 Å². The molecule has 33 heavy (non-hydrogen) atoms. The van der Waals surface area contributed by atoms with Crippen molar-refractivity contribution in [2.75, 3.05) is 12.4 Å². The summed E-state index contributed by atoms with van der Waals surface area (Å²) >= 11 is 1.37. The fourth-order valence-corrected chi connectivity index (χ4v) is 4.45. The van der Waals surface area contributed by atoms with E-state index in [0.717, 1.165) is 5.56 Å². The highest BCUT2D eigenvalue weighted by Gasteiger charge is 2.27. The van der Waals surface area contributed by atoms with Gasteiger partial charge in [-0.3, -0.25) is 9.36 Å². The lowest BCUT2D eigenvalue weighted by molar-refractivity contribution is -0.115. The SMILES string of the molecule is COc1cccc(NC(=O)[C@H](Sc2nnc(-c3ccco3)n2CC(C)C)c2ccccc2)c1. The first-order chi connectivity index (χ1) is 16.0. The lowest BCUT2D eigenvalue weighted by Crippen LogP contribution is -2.20. The Morgan fingerprint density at radius 2 is 1.91 bits per heavy atom. The average molecular weight is 463 g/mol. The Morgan fingerprint density at radius 1 is 1.09 bits per heavy atom. The summed E-state index contributed by atoms with van der Waals surface area (Å²) in [5.74, 6) is 2.17. The van der Waals surface area contributed by atoms with Crippen LogP contribution in [0.25, 0.3) is 11.6 Å². The summed E-state index contributed by atoms with van der Waals surface area (Å²) in [4.78, 5) is 13.4. The smallest absolute Gasteiger partial charge is 0.242 e. The van der Waals surface area contributed by atoms with Gasteiger partial charge in [0.15, 0.2) is 16.7 Å². The van der Waals surface area contributed by atoms with Gasteiger partial charge in [0.1, 0.15) is 11.0 Å². The highest BCUT2D eigenvalue weighted by molar-refractivity contribution is 8.00. The molecule has 170 valence electrons. The van der Waals surface area contributed by atoms with E-state index >= 15 is 0 Å².